The van der Waals surface area contributed by atoms with Crippen LogP contribution in [0, 0.1) is 13.8 Å². The second-order valence-electron chi connectivity index (χ2n) is 6.83. The highest BCUT2D eigenvalue weighted by Gasteiger charge is 2.05. The monoisotopic (exact) mass is 536 g/mol. The first-order valence-corrected chi connectivity index (χ1v) is 10.5. The molecule has 0 aliphatic rings. The summed E-state index contributed by atoms with van der Waals surface area (Å²) in [6.45, 7) is 6.72. The van der Waals surface area contributed by atoms with Crippen LogP contribution in [0.25, 0.3) is 0 Å². The molecule has 5 nitrogen and oxygen atoms in total. The molecular weight excluding hydrogens is 507 g/mol. The van der Waals surface area contributed by atoms with Gasteiger partial charge in [0, 0.05) is 18.5 Å². The summed E-state index contributed by atoms with van der Waals surface area (Å²) in [4.78, 5) is 10.1. The fraction of sp³-hybridized carbons (Fsp3) is 0.304. The van der Waals surface area contributed by atoms with Crippen LogP contribution in [0.2, 0.25) is 0 Å². The third kappa shape index (κ3) is 7.70. The zero-order chi connectivity index (χ0) is 20.5. The number of aliphatic imine (C=N–C) groups is 1. The van der Waals surface area contributed by atoms with Crippen molar-refractivity contribution >= 4 is 41.3 Å². The van der Waals surface area contributed by atoms with E-state index in [2.05, 4.69) is 63.9 Å². The molecule has 160 valence electrons. The van der Waals surface area contributed by atoms with Gasteiger partial charge in [-0.05, 0) is 30.5 Å². The Morgan fingerprint density at radius 1 is 0.933 bits per heavy atom. The van der Waals surface area contributed by atoms with Crippen molar-refractivity contribution in [3.05, 3.63) is 86.9 Å². The summed E-state index contributed by atoms with van der Waals surface area (Å²) in [6.07, 6.45) is 0. The van der Waals surface area contributed by atoms with Gasteiger partial charge in [0.2, 0.25) is 0 Å². The van der Waals surface area contributed by atoms with Crippen LogP contribution in [0.15, 0.2) is 59.6 Å². The van der Waals surface area contributed by atoms with Gasteiger partial charge in [-0.1, -0.05) is 54.6 Å². The van der Waals surface area contributed by atoms with E-state index in [1.54, 1.807) is 18.4 Å². The summed E-state index contributed by atoms with van der Waals surface area (Å²) in [6, 6.07) is 18.7. The zero-order valence-electron chi connectivity index (χ0n) is 17.6. The molecule has 0 fully saturated rings. The van der Waals surface area contributed by atoms with E-state index in [0.717, 1.165) is 22.2 Å². The summed E-state index contributed by atoms with van der Waals surface area (Å²) in [5.74, 6) is 0.765. The molecule has 0 saturated carbocycles. The smallest absolute Gasteiger partial charge is 0.191 e. The van der Waals surface area contributed by atoms with Crippen LogP contribution < -0.4 is 10.6 Å². The molecule has 0 saturated heterocycles. The normalized spacial score (nSPS) is 11.1. The summed E-state index contributed by atoms with van der Waals surface area (Å²) in [5.41, 5.74) is 4.64. The molecule has 1 aromatic heterocycles. The number of hydrogen-bond donors (Lipinski definition) is 2. The Balaban J connectivity index is 0.00000320. The molecule has 2 aromatic carbocycles. The third-order valence-corrected chi connectivity index (χ3v) is 5.61. The van der Waals surface area contributed by atoms with E-state index in [9.17, 15) is 0 Å². The molecular formula is C23H29IN4OS. The lowest BCUT2D eigenvalue weighted by Gasteiger charge is -2.12. The number of benzene rings is 2. The van der Waals surface area contributed by atoms with Crippen molar-refractivity contribution in [2.75, 3.05) is 7.05 Å². The maximum atomic E-state index is 5.84. The molecule has 30 heavy (non-hydrogen) atoms. The third-order valence-electron chi connectivity index (χ3n) is 4.54. The van der Waals surface area contributed by atoms with E-state index >= 15 is 0 Å². The summed E-state index contributed by atoms with van der Waals surface area (Å²) >= 11 is 1.72. The van der Waals surface area contributed by atoms with Gasteiger partial charge in [-0.15, -0.1) is 35.3 Å². The average Bonchev–Trinajstić information content (AvgIpc) is 3.06. The Morgan fingerprint density at radius 2 is 1.60 bits per heavy atom. The van der Waals surface area contributed by atoms with E-state index in [4.69, 9.17) is 4.74 Å². The first-order chi connectivity index (χ1) is 14.1. The number of aryl methyl sites for hydroxylation is 2. The van der Waals surface area contributed by atoms with Gasteiger partial charge in [0.1, 0.15) is 5.01 Å². The Kier molecular flexibility index (Phi) is 10.3. The average molecular weight is 536 g/mol. The van der Waals surface area contributed by atoms with Crippen molar-refractivity contribution in [2.45, 2.75) is 40.2 Å². The van der Waals surface area contributed by atoms with Crippen molar-refractivity contribution in [3.8, 4) is 0 Å². The van der Waals surface area contributed by atoms with Crippen molar-refractivity contribution in [2.24, 2.45) is 4.99 Å². The van der Waals surface area contributed by atoms with Gasteiger partial charge < -0.3 is 15.4 Å². The van der Waals surface area contributed by atoms with Crippen LogP contribution in [-0.4, -0.2) is 18.0 Å². The highest BCUT2D eigenvalue weighted by atomic mass is 127. The van der Waals surface area contributed by atoms with Crippen LogP contribution in [0.5, 0.6) is 0 Å². The molecule has 1 heterocycles. The van der Waals surface area contributed by atoms with Crippen molar-refractivity contribution in [3.63, 3.8) is 0 Å². The first kappa shape index (κ1) is 24.3. The molecule has 0 aliphatic heterocycles. The number of nitrogens with one attached hydrogen (secondary N) is 2. The minimum Gasteiger partial charge on any atom is -0.372 e. The zero-order valence-corrected chi connectivity index (χ0v) is 20.8. The fourth-order valence-electron chi connectivity index (χ4n) is 2.87. The maximum absolute atomic E-state index is 5.84. The van der Waals surface area contributed by atoms with Crippen LogP contribution in [0.3, 0.4) is 0 Å². The molecule has 0 unspecified atom stereocenters. The SMILES string of the molecule is CN=C(NCc1cccc(COCc2ccccc2)c1)NCc1nc(C)c(C)s1.I. The lowest BCUT2D eigenvalue weighted by atomic mass is 10.1. The minimum absolute atomic E-state index is 0. The van der Waals surface area contributed by atoms with E-state index in [1.165, 1.54) is 16.0 Å². The summed E-state index contributed by atoms with van der Waals surface area (Å²) in [7, 11) is 1.78. The second kappa shape index (κ2) is 12.7. The standard InChI is InChI=1S/C23H28N4OS.HI/c1-17-18(2)29-22(27-17)14-26-23(24-3)25-13-20-10-7-11-21(12-20)16-28-15-19-8-5-4-6-9-19;/h4-12H,13-16H2,1-3H3,(H2,24,25,26);1H. The van der Waals surface area contributed by atoms with Crippen LogP contribution in [0.4, 0.5) is 0 Å². The van der Waals surface area contributed by atoms with Gasteiger partial charge >= 0.3 is 0 Å². The molecule has 0 radical (unpaired) electrons. The number of guanidine groups is 1. The van der Waals surface area contributed by atoms with Gasteiger partial charge in [0.15, 0.2) is 5.96 Å². The molecule has 0 spiro atoms. The van der Waals surface area contributed by atoms with Gasteiger partial charge in [0.25, 0.3) is 0 Å². The predicted molar refractivity (Wildman–Crippen MR) is 135 cm³/mol. The second-order valence-corrected chi connectivity index (χ2v) is 8.11. The van der Waals surface area contributed by atoms with Crippen LogP contribution in [-0.2, 0) is 31.0 Å². The van der Waals surface area contributed by atoms with Gasteiger partial charge in [0.05, 0.1) is 25.5 Å². The van der Waals surface area contributed by atoms with Crippen LogP contribution >= 0.6 is 35.3 Å². The molecule has 2 N–H and O–H groups in total. The van der Waals surface area contributed by atoms with Crippen molar-refractivity contribution in [1.82, 2.24) is 15.6 Å². The van der Waals surface area contributed by atoms with Crippen molar-refractivity contribution < 1.29 is 4.74 Å². The van der Waals surface area contributed by atoms with Gasteiger partial charge in [-0.2, -0.15) is 0 Å². The topological polar surface area (TPSA) is 58.5 Å². The van der Waals surface area contributed by atoms with E-state index in [0.29, 0.717) is 26.3 Å². The number of halogens is 1. The van der Waals surface area contributed by atoms with E-state index < -0.39 is 0 Å². The van der Waals surface area contributed by atoms with E-state index in [1.807, 2.05) is 25.1 Å². The number of rotatable bonds is 8. The Morgan fingerprint density at radius 3 is 2.30 bits per heavy atom. The van der Waals surface area contributed by atoms with E-state index in [-0.39, 0.29) is 24.0 Å². The highest BCUT2D eigenvalue weighted by molar-refractivity contribution is 14.0. The largest absolute Gasteiger partial charge is 0.372 e. The minimum atomic E-state index is 0. The number of aromatic nitrogens is 1. The summed E-state index contributed by atoms with van der Waals surface area (Å²) < 4.78 is 5.84. The number of thiazole rings is 1. The molecule has 0 bridgehead atoms. The molecule has 3 aromatic rings. The Hall–Kier alpha value is -1.97. The molecule has 7 heteroatoms. The van der Waals surface area contributed by atoms with Crippen molar-refractivity contribution in [1.29, 1.82) is 0 Å². The predicted octanol–water partition coefficient (Wildman–Crippen LogP) is 4.96. The maximum Gasteiger partial charge on any atom is 0.191 e. The molecule has 0 atom stereocenters. The molecule has 3 rings (SSSR count). The number of ether oxygens (including phenoxy) is 1. The number of hydrogen-bond acceptors (Lipinski definition) is 4. The highest BCUT2D eigenvalue weighted by Crippen LogP contribution is 2.16. The van der Waals surface area contributed by atoms with Gasteiger partial charge in [-0.25, -0.2) is 4.98 Å². The number of nitrogens with zero attached hydrogens (tertiary/aromatic N) is 2. The Labute approximate surface area is 200 Å². The molecule has 0 aliphatic carbocycles. The van der Waals surface area contributed by atoms with Gasteiger partial charge in [-0.3, -0.25) is 4.99 Å². The lowest BCUT2D eigenvalue weighted by molar-refractivity contribution is 0.107. The lowest BCUT2D eigenvalue weighted by Crippen LogP contribution is -2.36. The summed E-state index contributed by atoms with van der Waals surface area (Å²) in [5, 5.41) is 7.76. The first-order valence-electron chi connectivity index (χ1n) is 9.71. The fourth-order valence-corrected chi connectivity index (χ4v) is 3.74. The van der Waals surface area contributed by atoms with Crippen LogP contribution in [0.1, 0.15) is 32.3 Å². The quantitative estimate of drug-likeness (QED) is 0.243. The molecule has 0 amide bonds. The Bertz CT molecular complexity index is 924.